The Balaban J connectivity index is 2.34. The number of hydrogen-bond acceptors (Lipinski definition) is 2. The van der Waals surface area contributed by atoms with Crippen molar-refractivity contribution in [1.82, 2.24) is 0 Å². The van der Waals surface area contributed by atoms with Gasteiger partial charge in [0.1, 0.15) is 0 Å². The molecule has 12 heavy (non-hydrogen) atoms. The minimum atomic E-state index is 0.536. The van der Waals surface area contributed by atoms with Gasteiger partial charge in [0.05, 0.1) is 12.5 Å². The van der Waals surface area contributed by atoms with Crippen LogP contribution in [0.25, 0.3) is 0 Å². The summed E-state index contributed by atoms with van der Waals surface area (Å²) in [5.74, 6) is 1.20. The van der Waals surface area contributed by atoms with Gasteiger partial charge >= 0.3 is 0 Å². The smallest absolute Gasteiger partial charge is 0.0669 e. The number of benzene rings is 1. The minimum Gasteiger partial charge on any atom is -0.198 e. The summed E-state index contributed by atoms with van der Waals surface area (Å²) in [6.07, 6.45) is 1.72. The van der Waals surface area contributed by atoms with E-state index < -0.39 is 0 Å². The molecule has 0 amide bonds. The van der Waals surface area contributed by atoms with Gasteiger partial charge in [-0.15, -0.1) is 11.8 Å². The summed E-state index contributed by atoms with van der Waals surface area (Å²) in [6, 6.07) is 8.53. The Labute approximate surface area is 76.4 Å². The Morgan fingerprint density at radius 3 is 3.25 bits per heavy atom. The van der Waals surface area contributed by atoms with Crippen LogP contribution in [0.15, 0.2) is 23.1 Å². The van der Waals surface area contributed by atoms with Crippen LogP contribution in [0, 0.1) is 11.3 Å². The Kier molecular flexibility index (Phi) is 2.05. The summed E-state index contributed by atoms with van der Waals surface area (Å²) in [5.41, 5.74) is 2.59. The van der Waals surface area contributed by atoms with E-state index in [-0.39, 0.29) is 0 Å². The molecule has 1 aliphatic rings. The average molecular weight is 175 g/mol. The number of nitriles is 1. The van der Waals surface area contributed by atoms with Crippen LogP contribution in [0.1, 0.15) is 11.1 Å². The number of rotatable bonds is 1. The maximum absolute atomic E-state index is 8.51. The highest BCUT2D eigenvalue weighted by Crippen LogP contribution is 2.31. The van der Waals surface area contributed by atoms with Gasteiger partial charge in [0, 0.05) is 10.6 Å². The van der Waals surface area contributed by atoms with Gasteiger partial charge in [0.15, 0.2) is 0 Å². The molecule has 1 aromatic rings. The summed E-state index contributed by atoms with van der Waals surface area (Å²) in [6.45, 7) is 0. The van der Waals surface area contributed by atoms with Gasteiger partial charge in [-0.1, -0.05) is 12.1 Å². The third-order valence-electron chi connectivity index (χ3n) is 2.04. The maximum atomic E-state index is 8.51. The zero-order chi connectivity index (χ0) is 8.39. The largest absolute Gasteiger partial charge is 0.198 e. The second-order valence-corrected chi connectivity index (χ2v) is 4.01. The van der Waals surface area contributed by atoms with E-state index in [4.69, 9.17) is 5.26 Å². The monoisotopic (exact) mass is 175 g/mol. The number of fused-ring (bicyclic) bond motifs is 1. The lowest BCUT2D eigenvalue weighted by Gasteiger charge is -1.99. The fourth-order valence-electron chi connectivity index (χ4n) is 1.41. The molecule has 0 atom stereocenters. The van der Waals surface area contributed by atoms with E-state index in [2.05, 4.69) is 24.3 Å². The van der Waals surface area contributed by atoms with Crippen molar-refractivity contribution in [1.29, 1.82) is 5.26 Å². The molecule has 0 unspecified atom stereocenters. The van der Waals surface area contributed by atoms with Crippen LogP contribution in [0.2, 0.25) is 0 Å². The molecule has 0 radical (unpaired) electrons. The summed E-state index contributed by atoms with van der Waals surface area (Å²) >= 11 is 1.90. The molecule has 0 saturated heterocycles. The van der Waals surface area contributed by atoms with Crippen molar-refractivity contribution in [2.45, 2.75) is 17.7 Å². The Morgan fingerprint density at radius 1 is 1.50 bits per heavy atom. The van der Waals surface area contributed by atoms with Crippen molar-refractivity contribution in [2.24, 2.45) is 0 Å². The average Bonchev–Trinajstić information content (AvgIpc) is 2.51. The molecule has 60 valence electrons. The van der Waals surface area contributed by atoms with Crippen LogP contribution >= 0.6 is 11.8 Å². The van der Waals surface area contributed by atoms with E-state index in [1.165, 1.54) is 22.6 Å². The van der Waals surface area contributed by atoms with Crippen molar-refractivity contribution in [3.05, 3.63) is 29.3 Å². The van der Waals surface area contributed by atoms with Gasteiger partial charge in [-0.3, -0.25) is 0 Å². The molecular weight excluding hydrogens is 166 g/mol. The van der Waals surface area contributed by atoms with Gasteiger partial charge in [0.2, 0.25) is 0 Å². The van der Waals surface area contributed by atoms with Gasteiger partial charge in [0.25, 0.3) is 0 Å². The first kappa shape index (κ1) is 7.70. The molecule has 2 rings (SSSR count). The molecule has 0 spiro atoms. The molecule has 1 aliphatic heterocycles. The Bertz CT molecular complexity index is 338. The molecule has 1 nitrogen and oxygen atoms in total. The minimum absolute atomic E-state index is 0.536. The van der Waals surface area contributed by atoms with E-state index in [9.17, 15) is 0 Å². The standard InChI is InChI=1S/C10H9NS/c11-5-3-8-1-2-9-4-6-12-10(9)7-8/h1-2,7H,3-4,6H2. The van der Waals surface area contributed by atoms with E-state index in [1.54, 1.807) is 0 Å². The fraction of sp³-hybridized carbons (Fsp3) is 0.300. The molecule has 0 bridgehead atoms. The van der Waals surface area contributed by atoms with E-state index in [1.807, 2.05) is 11.8 Å². The van der Waals surface area contributed by atoms with Crippen molar-refractivity contribution in [3.63, 3.8) is 0 Å². The summed E-state index contributed by atoms with van der Waals surface area (Å²) in [4.78, 5) is 1.38. The third-order valence-corrected chi connectivity index (χ3v) is 3.14. The topological polar surface area (TPSA) is 23.8 Å². The van der Waals surface area contributed by atoms with Crippen molar-refractivity contribution >= 4 is 11.8 Å². The molecule has 1 aromatic carbocycles. The van der Waals surface area contributed by atoms with Crippen LogP contribution in [0.3, 0.4) is 0 Å². The van der Waals surface area contributed by atoms with E-state index >= 15 is 0 Å². The maximum Gasteiger partial charge on any atom is 0.0669 e. The molecule has 0 N–H and O–H groups in total. The highest BCUT2D eigenvalue weighted by atomic mass is 32.2. The van der Waals surface area contributed by atoms with Crippen molar-refractivity contribution in [3.8, 4) is 6.07 Å². The molecule has 2 heteroatoms. The molecule has 0 saturated carbocycles. The zero-order valence-corrected chi connectivity index (χ0v) is 7.53. The quantitative estimate of drug-likeness (QED) is 0.654. The van der Waals surface area contributed by atoms with Gasteiger partial charge < -0.3 is 0 Å². The summed E-state index contributed by atoms with van der Waals surface area (Å²) < 4.78 is 0. The normalized spacial score (nSPS) is 13.9. The van der Waals surface area contributed by atoms with E-state index in [0.29, 0.717) is 6.42 Å². The first-order chi connectivity index (χ1) is 5.90. The highest BCUT2D eigenvalue weighted by molar-refractivity contribution is 7.99. The number of nitrogens with zero attached hydrogens (tertiary/aromatic N) is 1. The number of thioether (sulfide) groups is 1. The van der Waals surface area contributed by atoms with E-state index in [0.717, 1.165) is 5.56 Å². The first-order valence-corrected chi connectivity index (χ1v) is 5.00. The summed E-state index contributed by atoms with van der Waals surface area (Å²) in [7, 11) is 0. The third kappa shape index (κ3) is 1.33. The number of hydrogen-bond donors (Lipinski definition) is 0. The fourth-order valence-corrected chi connectivity index (χ4v) is 2.54. The van der Waals surface area contributed by atoms with Gasteiger partial charge in [-0.25, -0.2) is 0 Å². The Hall–Kier alpha value is -0.940. The second-order valence-electron chi connectivity index (χ2n) is 2.88. The molecule has 0 aromatic heterocycles. The lowest BCUT2D eigenvalue weighted by Crippen LogP contribution is -1.84. The summed E-state index contributed by atoms with van der Waals surface area (Å²) in [5, 5.41) is 8.51. The lowest BCUT2D eigenvalue weighted by atomic mass is 10.1. The van der Waals surface area contributed by atoms with Gasteiger partial charge in [-0.2, -0.15) is 5.26 Å². The van der Waals surface area contributed by atoms with Crippen LogP contribution in [0.4, 0.5) is 0 Å². The van der Waals surface area contributed by atoms with Crippen molar-refractivity contribution < 1.29 is 0 Å². The number of aryl methyl sites for hydroxylation is 1. The van der Waals surface area contributed by atoms with Crippen LogP contribution < -0.4 is 0 Å². The molecular formula is C10H9NS. The predicted octanol–water partition coefficient (Wildman–Crippen LogP) is 2.40. The first-order valence-electron chi connectivity index (χ1n) is 4.02. The highest BCUT2D eigenvalue weighted by Gasteiger charge is 2.10. The zero-order valence-electron chi connectivity index (χ0n) is 6.71. The van der Waals surface area contributed by atoms with Crippen LogP contribution in [0.5, 0.6) is 0 Å². The van der Waals surface area contributed by atoms with Gasteiger partial charge in [-0.05, 0) is 23.6 Å². The van der Waals surface area contributed by atoms with Crippen LogP contribution in [-0.4, -0.2) is 5.75 Å². The van der Waals surface area contributed by atoms with Crippen LogP contribution in [-0.2, 0) is 12.8 Å². The predicted molar refractivity (Wildman–Crippen MR) is 50.2 cm³/mol. The second kappa shape index (κ2) is 3.20. The molecule has 1 heterocycles. The SMILES string of the molecule is N#CCc1ccc2c(c1)SCC2. The molecule has 0 aliphatic carbocycles. The molecule has 0 fully saturated rings. The lowest BCUT2D eigenvalue weighted by molar-refractivity contribution is 1.12. The van der Waals surface area contributed by atoms with Crippen molar-refractivity contribution in [2.75, 3.05) is 5.75 Å². The Morgan fingerprint density at radius 2 is 2.42 bits per heavy atom.